The van der Waals surface area contributed by atoms with E-state index in [9.17, 15) is 10.2 Å². The number of hydrogen-bond acceptors (Lipinski definition) is 5. The number of rotatable bonds is 4. The predicted octanol–water partition coefficient (Wildman–Crippen LogP) is 0.0965. The maximum atomic E-state index is 9.47. The van der Waals surface area contributed by atoms with Crippen LogP contribution in [0.4, 0.5) is 5.69 Å². The molecule has 0 bridgehead atoms. The molecule has 5 nitrogen and oxygen atoms in total. The summed E-state index contributed by atoms with van der Waals surface area (Å²) in [6.45, 7) is 0.925. The lowest BCUT2D eigenvalue weighted by Crippen LogP contribution is -2.36. The molecule has 0 saturated carbocycles. The highest BCUT2D eigenvalue weighted by molar-refractivity contribution is 5.55. The highest BCUT2D eigenvalue weighted by Crippen LogP contribution is 2.26. The standard InChI is InChI=1S/C10H15NO4/c1-10(14,5-12)6-15-9-4-7(13)2-3-8(9)11/h2-4,12-14H,5-6,11H2,1H3. The summed E-state index contributed by atoms with van der Waals surface area (Å²) in [5.74, 6) is 0.312. The second-order valence-electron chi connectivity index (χ2n) is 3.67. The van der Waals surface area contributed by atoms with Crippen LogP contribution in [0.2, 0.25) is 0 Å². The minimum Gasteiger partial charge on any atom is -0.508 e. The van der Waals surface area contributed by atoms with Crippen LogP contribution in [-0.4, -0.2) is 34.1 Å². The van der Waals surface area contributed by atoms with Crippen LogP contribution in [0.25, 0.3) is 0 Å². The molecule has 1 aromatic rings. The van der Waals surface area contributed by atoms with Gasteiger partial charge in [-0.15, -0.1) is 0 Å². The van der Waals surface area contributed by atoms with E-state index in [0.717, 1.165) is 0 Å². The summed E-state index contributed by atoms with van der Waals surface area (Å²) in [4.78, 5) is 0. The van der Waals surface area contributed by atoms with Gasteiger partial charge in [0, 0.05) is 6.07 Å². The summed E-state index contributed by atoms with van der Waals surface area (Å²) >= 11 is 0. The van der Waals surface area contributed by atoms with Gasteiger partial charge in [-0.05, 0) is 19.1 Å². The number of phenolic OH excluding ortho intramolecular Hbond substituents is 1. The number of ether oxygens (including phenoxy) is 1. The molecular formula is C10H15NO4. The predicted molar refractivity (Wildman–Crippen MR) is 55.7 cm³/mol. The van der Waals surface area contributed by atoms with Gasteiger partial charge in [-0.3, -0.25) is 0 Å². The van der Waals surface area contributed by atoms with E-state index < -0.39 is 12.2 Å². The van der Waals surface area contributed by atoms with Gasteiger partial charge in [0.05, 0.1) is 12.3 Å². The molecule has 5 heteroatoms. The second-order valence-corrected chi connectivity index (χ2v) is 3.67. The fourth-order valence-corrected chi connectivity index (χ4v) is 0.927. The lowest BCUT2D eigenvalue weighted by molar-refractivity contribution is -0.0323. The normalized spacial score (nSPS) is 14.6. The summed E-state index contributed by atoms with van der Waals surface area (Å²) in [6, 6.07) is 4.29. The Balaban J connectivity index is 2.69. The molecule has 1 rings (SSSR count). The van der Waals surface area contributed by atoms with E-state index >= 15 is 0 Å². The van der Waals surface area contributed by atoms with Gasteiger partial charge < -0.3 is 25.8 Å². The molecule has 0 amide bonds. The minimum absolute atomic E-state index is 0.0304. The van der Waals surface area contributed by atoms with Crippen molar-refractivity contribution < 1.29 is 20.1 Å². The van der Waals surface area contributed by atoms with Crippen LogP contribution >= 0.6 is 0 Å². The lowest BCUT2D eigenvalue weighted by atomic mass is 10.1. The van der Waals surface area contributed by atoms with Crippen molar-refractivity contribution in [1.29, 1.82) is 0 Å². The fraction of sp³-hybridized carbons (Fsp3) is 0.400. The molecule has 0 aliphatic heterocycles. The van der Waals surface area contributed by atoms with Crippen LogP contribution in [0, 0.1) is 0 Å². The molecule has 15 heavy (non-hydrogen) atoms. The van der Waals surface area contributed by atoms with Crippen molar-refractivity contribution in [3.05, 3.63) is 18.2 Å². The van der Waals surface area contributed by atoms with Gasteiger partial charge in [-0.25, -0.2) is 0 Å². The van der Waals surface area contributed by atoms with E-state index in [4.69, 9.17) is 15.6 Å². The molecule has 0 aliphatic carbocycles. The van der Waals surface area contributed by atoms with Crippen LogP contribution in [0.5, 0.6) is 11.5 Å². The van der Waals surface area contributed by atoms with Gasteiger partial charge in [0.2, 0.25) is 0 Å². The Hall–Kier alpha value is -1.46. The first-order valence-corrected chi connectivity index (χ1v) is 4.49. The highest BCUT2D eigenvalue weighted by Gasteiger charge is 2.20. The average Bonchev–Trinajstić information content (AvgIpc) is 2.20. The molecule has 1 atom stereocenters. The van der Waals surface area contributed by atoms with Crippen molar-refractivity contribution >= 4 is 5.69 Å². The van der Waals surface area contributed by atoms with Crippen molar-refractivity contribution in [2.45, 2.75) is 12.5 Å². The number of aliphatic hydroxyl groups excluding tert-OH is 1. The Labute approximate surface area is 87.7 Å². The Morgan fingerprint density at radius 2 is 2.13 bits per heavy atom. The third kappa shape index (κ3) is 3.30. The molecule has 0 saturated heterocycles. The van der Waals surface area contributed by atoms with Crippen molar-refractivity contribution in [2.24, 2.45) is 0 Å². The zero-order valence-corrected chi connectivity index (χ0v) is 8.47. The molecule has 1 unspecified atom stereocenters. The van der Waals surface area contributed by atoms with Gasteiger partial charge in [-0.1, -0.05) is 0 Å². The van der Waals surface area contributed by atoms with Gasteiger partial charge in [0.15, 0.2) is 0 Å². The van der Waals surface area contributed by atoms with Gasteiger partial charge in [0.1, 0.15) is 23.7 Å². The summed E-state index contributed by atoms with van der Waals surface area (Å²) in [5.41, 5.74) is 4.62. The molecule has 84 valence electrons. The first-order valence-electron chi connectivity index (χ1n) is 4.49. The molecule has 0 aliphatic rings. The van der Waals surface area contributed by atoms with Crippen LogP contribution in [0.15, 0.2) is 18.2 Å². The third-order valence-electron chi connectivity index (χ3n) is 1.88. The molecule has 0 aromatic heterocycles. The number of nitrogens with two attached hydrogens (primary N) is 1. The molecule has 0 fully saturated rings. The number of nitrogen functional groups attached to an aromatic ring is 1. The number of anilines is 1. The van der Waals surface area contributed by atoms with Gasteiger partial charge >= 0.3 is 0 Å². The Morgan fingerprint density at radius 3 is 2.73 bits per heavy atom. The second kappa shape index (κ2) is 4.37. The highest BCUT2D eigenvalue weighted by atomic mass is 16.5. The zero-order chi connectivity index (χ0) is 11.5. The van der Waals surface area contributed by atoms with E-state index in [2.05, 4.69) is 0 Å². The van der Waals surface area contributed by atoms with Crippen molar-refractivity contribution in [3.63, 3.8) is 0 Å². The number of hydrogen-bond donors (Lipinski definition) is 4. The number of aliphatic hydroxyl groups is 2. The number of phenols is 1. The Bertz CT molecular complexity index is 338. The monoisotopic (exact) mass is 213 g/mol. The maximum Gasteiger partial charge on any atom is 0.146 e. The van der Waals surface area contributed by atoms with Crippen LogP contribution in [0.1, 0.15) is 6.92 Å². The first-order chi connectivity index (χ1) is 6.94. The van der Waals surface area contributed by atoms with Crippen molar-refractivity contribution in [3.8, 4) is 11.5 Å². The summed E-state index contributed by atoms with van der Waals surface area (Å²) in [6.07, 6.45) is 0. The van der Waals surface area contributed by atoms with Gasteiger partial charge in [-0.2, -0.15) is 0 Å². The van der Waals surface area contributed by atoms with Crippen LogP contribution in [-0.2, 0) is 0 Å². The topological polar surface area (TPSA) is 95.9 Å². The number of benzene rings is 1. The first kappa shape index (κ1) is 11.6. The molecule has 0 heterocycles. The van der Waals surface area contributed by atoms with Gasteiger partial charge in [0.25, 0.3) is 0 Å². The van der Waals surface area contributed by atoms with E-state index in [-0.39, 0.29) is 18.1 Å². The van der Waals surface area contributed by atoms with E-state index in [1.54, 1.807) is 0 Å². The Kier molecular flexibility index (Phi) is 3.39. The molecule has 0 radical (unpaired) electrons. The Morgan fingerprint density at radius 1 is 1.47 bits per heavy atom. The molecule has 5 N–H and O–H groups in total. The lowest BCUT2D eigenvalue weighted by Gasteiger charge is -2.21. The third-order valence-corrected chi connectivity index (χ3v) is 1.88. The smallest absolute Gasteiger partial charge is 0.146 e. The summed E-state index contributed by atoms with van der Waals surface area (Å²) < 4.78 is 5.18. The largest absolute Gasteiger partial charge is 0.508 e. The zero-order valence-electron chi connectivity index (χ0n) is 8.47. The average molecular weight is 213 g/mol. The summed E-state index contributed by atoms with van der Waals surface area (Å²) in [7, 11) is 0. The summed E-state index contributed by atoms with van der Waals surface area (Å²) in [5, 5.41) is 27.4. The van der Waals surface area contributed by atoms with Crippen molar-refractivity contribution in [2.75, 3.05) is 18.9 Å². The minimum atomic E-state index is -1.32. The molecular weight excluding hydrogens is 198 g/mol. The van der Waals surface area contributed by atoms with E-state index in [1.165, 1.54) is 25.1 Å². The van der Waals surface area contributed by atoms with E-state index in [0.29, 0.717) is 5.69 Å². The quantitative estimate of drug-likeness (QED) is 0.420. The van der Waals surface area contributed by atoms with Crippen LogP contribution in [0.3, 0.4) is 0 Å². The van der Waals surface area contributed by atoms with Crippen molar-refractivity contribution in [1.82, 2.24) is 0 Å². The fourth-order valence-electron chi connectivity index (χ4n) is 0.927. The molecule has 1 aromatic carbocycles. The maximum absolute atomic E-state index is 9.47. The number of aromatic hydroxyl groups is 1. The van der Waals surface area contributed by atoms with E-state index in [1.807, 2.05) is 0 Å². The molecule has 0 spiro atoms. The SMILES string of the molecule is CC(O)(CO)COc1cc(O)ccc1N. The van der Waals surface area contributed by atoms with Crippen LogP contribution < -0.4 is 10.5 Å².